The molecule has 2 aliphatic rings. The highest BCUT2D eigenvalue weighted by molar-refractivity contribution is 4.86. The summed E-state index contributed by atoms with van der Waals surface area (Å²) in [5, 5.41) is 9.85. The summed E-state index contributed by atoms with van der Waals surface area (Å²) in [5.41, 5.74) is 0. The zero-order valence-electron chi connectivity index (χ0n) is 9.74. The van der Waals surface area contributed by atoms with Crippen molar-refractivity contribution in [1.29, 1.82) is 0 Å². The van der Waals surface area contributed by atoms with E-state index in [-0.39, 0.29) is 18.3 Å². The molecule has 0 unspecified atom stereocenters. The lowest BCUT2D eigenvalue weighted by Gasteiger charge is -2.46. The van der Waals surface area contributed by atoms with E-state index in [1.165, 1.54) is 0 Å². The molecule has 4 atom stereocenters. The van der Waals surface area contributed by atoms with Crippen LogP contribution in [0.25, 0.3) is 0 Å². The van der Waals surface area contributed by atoms with Gasteiger partial charge in [0.05, 0.1) is 18.3 Å². The third-order valence-electron chi connectivity index (χ3n) is 3.50. The highest BCUT2D eigenvalue weighted by atomic mass is 16.7. The predicted molar refractivity (Wildman–Crippen MR) is 57.5 cm³/mol. The number of hydrogen-bond acceptors (Lipinski definition) is 3. The van der Waals surface area contributed by atoms with Gasteiger partial charge in [0.15, 0.2) is 5.79 Å². The molecule has 0 radical (unpaired) electrons. The molecular formula is C12H22O3. The van der Waals surface area contributed by atoms with Gasteiger partial charge in [0.1, 0.15) is 0 Å². The molecule has 0 aromatic heterocycles. The number of aliphatic hydroxyl groups is 1. The molecule has 88 valence electrons. The lowest BCUT2D eigenvalue weighted by Crippen LogP contribution is -2.51. The maximum absolute atomic E-state index is 9.85. The molecule has 0 aliphatic carbocycles. The molecule has 0 bridgehead atoms. The SMILES string of the molecule is CC[C@H]1C[C@H](O)C[C@@]2(CCC[C@H](C)O2)O1. The van der Waals surface area contributed by atoms with Crippen molar-refractivity contribution >= 4 is 0 Å². The molecule has 2 saturated heterocycles. The van der Waals surface area contributed by atoms with Gasteiger partial charge in [0, 0.05) is 12.8 Å². The van der Waals surface area contributed by atoms with Gasteiger partial charge in [-0.05, 0) is 32.6 Å². The molecule has 2 rings (SSSR count). The zero-order chi connectivity index (χ0) is 10.9. The van der Waals surface area contributed by atoms with Gasteiger partial charge in [-0.25, -0.2) is 0 Å². The van der Waals surface area contributed by atoms with E-state index in [9.17, 15) is 5.11 Å². The van der Waals surface area contributed by atoms with Gasteiger partial charge in [-0.2, -0.15) is 0 Å². The maximum atomic E-state index is 9.85. The van der Waals surface area contributed by atoms with Crippen molar-refractivity contribution in [3.63, 3.8) is 0 Å². The third kappa shape index (κ3) is 2.52. The number of aliphatic hydroxyl groups excluding tert-OH is 1. The van der Waals surface area contributed by atoms with Crippen molar-refractivity contribution in [1.82, 2.24) is 0 Å². The summed E-state index contributed by atoms with van der Waals surface area (Å²) in [6.07, 6.45) is 5.72. The second kappa shape index (κ2) is 4.40. The lowest BCUT2D eigenvalue weighted by molar-refractivity contribution is -0.324. The Kier molecular flexibility index (Phi) is 3.33. The molecule has 1 N–H and O–H groups in total. The van der Waals surface area contributed by atoms with Crippen molar-refractivity contribution in [3.8, 4) is 0 Å². The Labute approximate surface area is 91.8 Å². The molecule has 0 aromatic carbocycles. The van der Waals surface area contributed by atoms with Crippen LogP contribution in [0.4, 0.5) is 0 Å². The summed E-state index contributed by atoms with van der Waals surface area (Å²) in [6.45, 7) is 4.19. The van der Waals surface area contributed by atoms with Crippen LogP contribution in [0.5, 0.6) is 0 Å². The summed E-state index contributed by atoms with van der Waals surface area (Å²) in [7, 11) is 0. The van der Waals surface area contributed by atoms with Crippen LogP contribution in [-0.4, -0.2) is 29.2 Å². The van der Waals surface area contributed by atoms with Crippen molar-refractivity contribution < 1.29 is 14.6 Å². The number of hydrogen-bond donors (Lipinski definition) is 1. The van der Waals surface area contributed by atoms with E-state index in [4.69, 9.17) is 9.47 Å². The molecule has 3 heteroatoms. The van der Waals surface area contributed by atoms with Crippen molar-refractivity contribution in [3.05, 3.63) is 0 Å². The Morgan fingerprint density at radius 2 is 2.20 bits per heavy atom. The summed E-state index contributed by atoms with van der Waals surface area (Å²) >= 11 is 0. The Morgan fingerprint density at radius 3 is 2.87 bits per heavy atom. The fraction of sp³-hybridized carbons (Fsp3) is 1.00. The number of rotatable bonds is 1. The highest BCUT2D eigenvalue weighted by Gasteiger charge is 2.44. The highest BCUT2D eigenvalue weighted by Crippen LogP contribution is 2.39. The van der Waals surface area contributed by atoms with Gasteiger partial charge < -0.3 is 14.6 Å². The molecule has 0 amide bonds. The Hall–Kier alpha value is -0.120. The molecule has 2 heterocycles. The topological polar surface area (TPSA) is 38.7 Å². The van der Waals surface area contributed by atoms with Crippen LogP contribution in [0.3, 0.4) is 0 Å². The minimum atomic E-state index is -0.476. The zero-order valence-corrected chi connectivity index (χ0v) is 9.74. The van der Waals surface area contributed by atoms with Crippen LogP contribution in [0.15, 0.2) is 0 Å². The standard InChI is InChI=1S/C12H22O3/c1-3-11-7-10(13)8-12(15-11)6-4-5-9(2)14-12/h9-11,13H,3-8H2,1-2H3/t9-,10-,11-,12+/m0/s1. The first-order valence-corrected chi connectivity index (χ1v) is 6.17. The van der Waals surface area contributed by atoms with E-state index >= 15 is 0 Å². The summed E-state index contributed by atoms with van der Waals surface area (Å²) < 4.78 is 12.0. The van der Waals surface area contributed by atoms with Crippen LogP contribution in [0.1, 0.15) is 52.4 Å². The van der Waals surface area contributed by atoms with E-state index in [1.54, 1.807) is 0 Å². The fourth-order valence-electron chi connectivity index (χ4n) is 2.78. The van der Waals surface area contributed by atoms with E-state index in [0.29, 0.717) is 6.42 Å². The van der Waals surface area contributed by atoms with Crippen molar-refractivity contribution in [2.75, 3.05) is 0 Å². The average Bonchev–Trinajstić information content (AvgIpc) is 2.15. The molecule has 15 heavy (non-hydrogen) atoms. The average molecular weight is 214 g/mol. The van der Waals surface area contributed by atoms with Crippen molar-refractivity contribution in [2.24, 2.45) is 0 Å². The van der Waals surface area contributed by atoms with Crippen LogP contribution in [0, 0.1) is 0 Å². The summed E-state index contributed by atoms with van der Waals surface area (Å²) in [4.78, 5) is 0. The normalized spacial score (nSPS) is 47.0. The second-order valence-corrected chi connectivity index (χ2v) is 4.97. The van der Waals surface area contributed by atoms with Crippen LogP contribution in [-0.2, 0) is 9.47 Å². The molecule has 1 spiro atoms. The summed E-state index contributed by atoms with van der Waals surface area (Å²) in [5.74, 6) is -0.476. The van der Waals surface area contributed by atoms with E-state index in [0.717, 1.165) is 32.1 Å². The Bertz CT molecular complexity index is 215. The van der Waals surface area contributed by atoms with Gasteiger partial charge in [-0.1, -0.05) is 6.92 Å². The molecular weight excluding hydrogens is 192 g/mol. The Morgan fingerprint density at radius 1 is 1.40 bits per heavy atom. The fourth-order valence-corrected chi connectivity index (χ4v) is 2.78. The molecule has 3 nitrogen and oxygen atoms in total. The molecule has 2 fully saturated rings. The largest absolute Gasteiger partial charge is 0.393 e. The Balaban J connectivity index is 2.05. The van der Waals surface area contributed by atoms with Crippen molar-refractivity contribution in [2.45, 2.75) is 76.5 Å². The van der Waals surface area contributed by atoms with Crippen LogP contribution < -0.4 is 0 Å². The molecule has 2 aliphatic heterocycles. The molecule has 0 saturated carbocycles. The predicted octanol–water partition coefficient (Wildman–Crippen LogP) is 2.22. The first-order valence-electron chi connectivity index (χ1n) is 6.17. The van der Waals surface area contributed by atoms with Gasteiger partial charge in [0.2, 0.25) is 0 Å². The monoisotopic (exact) mass is 214 g/mol. The van der Waals surface area contributed by atoms with Gasteiger partial charge in [0.25, 0.3) is 0 Å². The lowest BCUT2D eigenvalue weighted by atomic mass is 9.91. The van der Waals surface area contributed by atoms with Gasteiger partial charge in [-0.15, -0.1) is 0 Å². The minimum absolute atomic E-state index is 0.166. The maximum Gasteiger partial charge on any atom is 0.171 e. The smallest absolute Gasteiger partial charge is 0.171 e. The van der Waals surface area contributed by atoms with Gasteiger partial charge in [-0.3, -0.25) is 0 Å². The van der Waals surface area contributed by atoms with E-state index in [1.807, 2.05) is 0 Å². The molecule has 0 aromatic rings. The van der Waals surface area contributed by atoms with E-state index < -0.39 is 5.79 Å². The van der Waals surface area contributed by atoms with Gasteiger partial charge >= 0.3 is 0 Å². The minimum Gasteiger partial charge on any atom is -0.393 e. The van der Waals surface area contributed by atoms with Crippen LogP contribution >= 0.6 is 0 Å². The quantitative estimate of drug-likeness (QED) is 0.727. The second-order valence-electron chi connectivity index (χ2n) is 4.97. The third-order valence-corrected chi connectivity index (χ3v) is 3.50. The number of ether oxygens (including phenoxy) is 2. The van der Waals surface area contributed by atoms with E-state index in [2.05, 4.69) is 13.8 Å². The first-order chi connectivity index (χ1) is 7.13. The first kappa shape index (κ1) is 11.4. The van der Waals surface area contributed by atoms with Crippen LogP contribution in [0.2, 0.25) is 0 Å². The summed E-state index contributed by atoms with van der Waals surface area (Å²) in [6, 6.07) is 0.